The number of benzene rings is 1. The molecule has 9 heteroatoms. The van der Waals surface area contributed by atoms with Gasteiger partial charge in [0.05, 0.1) is 27.8 Å². The van der Waals surface area contributed by atoms with Crippen LogP contribution in [0.4, 0.5) is 5.69 Å². The number of allylic oxidation sites excluding steroid dienone is 1. The van der Waals surface area contributed by atoms with Crippen molar-refractivity contribution < 1.29 is 14.8 Å². The zero-order chi connectivity index (χ0) is 18.8. The topological polar surface area (TPSA) is 109 Å². The second-order valence-corrected chi connectivity index (χ2v) is 6.48. The molecular formula is C17H16N4O4S. The van der Waals surface area contributed by atoms with Crippen molar-refractivity contribution >= 4 is 28.8 Å². The first-order valence-electron chi connectivity index (χ1n) is 7.88. The standard InChI is InChI=1S/C17H16N4O4S/c1-3-20-14(11-6-4-5-7-12(11)21(24)25)13(17(22)23)10(2)19-15(20)16-18-8-9-26-16/h4-9,14H,3H2,1-2H3,(H,22,23). The van der Waals surface area contributed by atoms with Crippen LogP contribution in [0.1, 0.15) is 30.5 Å². The van der Waals surface area contributed by atoms with E-state index in [4.69, 9.17) is 0 Å². The SMILES string of the molecule is CCN1C(c2nccs2)=NC(C)=C(C(=O)O)C1c1ccccc1[N+](=O)[O-]. The van der Waals surface area contributed by atoms with Gasteiger partial charge >= 0.3 is 5.97 Å². The Balaban J connectivity index is 2.26. The van der Waals surface area contributed by atoms with Crippen molar-refractivity contribution in [3.63, 3.8) is 0 Å². The van der Waals surface area contributed by atoms with Crippen LogP contribution in [-0.2, 0) is 4.79 Å². The van der Waals surface area contributed by atoms with E-state index in [1.54, 1.807) is 41.6 Å². The van der Waals surface area contributed by atoms with Gasteiger partial charge in [0, 0.05) is 24.2 Å². The molecule has 1 N–H and O–H groups in total. The molecule has 26 heavy (non-hydrogen) atoms. The highest BCUT2D eigenvalue weighted by atomic mass is 32.1. The minimum atomic E-state index is -1.15. The van der Waals surface area contributed by atoms with Crippen LogP contribution < -0.4 is 0 Å². The molecule has 1 aromatic heterocycles. The molecule has 8 nitrogen and oxygen atoms in total. The number of carboxylic acids is 1. The molecule has 0 bridgehead atoms. The van der Waals surface area contributed by atoms with Crippen LogP contribution in [0.15, 0.2) is 52.1 Å². The van der Waals surface area contributed by atoms with Crippen LogP contribution in [0.25, 0.3) is 0 Å². The van der Waals surface area contributed by atoms with Crippen molar-refractivity contribution in [1.29, 1.82) is 0 Å². The highest BCUT2D eigenvalue weighted by Crippen LogP contribution is 2.40. The molecule has 0 saturated carbocycles. The number of thiazole rings is 1. The van der Waals surface area contributed by atoms with Gasteiger partial charge < -0.3 is 10.0 Å². The summed E-state index contributed by atoms with van der Waals surface area (Å²) < 4.78 is 0. The Labute approximate surface area is 153 Å². The van der Waals surface area contributed by atoms with Crippen LogP contribution in [0.3, 0.4) is 0 Å². The van der Waals surface area contributed by atoms with E-state index >= 15 is 0 Å². The molecule has 0 radical (unpaired) electrons. The average molecular weight is 372 g/mol. The summed E-state index contributed by atoms with van der Waals surface area (Å²) in [5.74, 6) is -0.626. The number of carboxylic acid groups (broad SMARTS) is 1. The molecule has 2 heterocycles. The second kappa shape index (κ2) is 7.04. The van der Waals surface area contributed by atoms with E-state index in [9.17, 15) is 20.0 Å². The molecule has 1 aromatic carbocycles. The van der Waals surface area contributed by atoms with Crippen molar-refractivity contribution in [1.82, 2.24) is 9.88 Å². The molecule has 0 fully saturated rings. The van der Waals surface area contributed by atoms with Crippen molar-refractivity contribution in [3.05, 3.63) is 67.8 Å². The molecule has 0 amide bonds. The van der Waals surface area contributed by atoms with E-state index in [1.807, 2.05) is 6.92 Å². The van der Waals surface area contributed by atoms with Crippen molar-refractivity contribution in [3.8, 4) is 0 Å². The lowest BCUT2D eigenvalue weighted by molar-refractivity contribution is -0.385. The fourth-order valence-electron chi connectivity index (χ4n) is 3.08. The first-order chi connectivity index (χ1) is 12.5. The third-order valence-electron chi connectivity index (χ3n) is 4.14. The van der Waals surface area contributed by atoms with Crippen LogP contribution >= 0.6 is 11.3 Å². The van der Waals surface area contributed by atoms with Gasteiger partial charge in [-0.1, -0.05) is 12.1 Å². The summed E-state index contributed by atoms with van der Waals surface area (Å²) in [6, 6.07) is 5.38. The molecule has 0 aliphatic carbocycles. The minimum absolute atomic E-state index is 0.0291. The number of nitrogens with zero attached hydrogens (tertiary/aromatic N) is 4. The molecule has 0 spiro atoms. The normalized spacial score (nSPS) is 17.2. The number of nitro benzene ring substituents is 1. The Morgan fingerprint density at radius 3 is 2.73 bits per heavy atom. The quantitative estimate of drug-likeness (QED) is 0.637. The number of likely N-dealkylation sites (N-methyl/N-ethyl adjacent to an activating group) is 1. The van der Waals surface area contributed by atoms with Gasteiger partial charge in [-0.05, 0) is 19.9 Å². The number of amidine groups is 1. The zero-order valence-electron chi connectivity index (χ0n) is 14.1. The number of aromatic nitrogens is 1. The summed E-state index contributed by atoms with van der Waals surface area (Å²) in [6.45, 7) is 3.87. The fraction of sp³-hybridized carbons (Fsp3) is 0.235. The molecule has 1 aliphatic rings. The summed E-state index contributed by atoms with van der Waals surface area (Å²) in [6.07, 6.45) is 1.64. The largest absolute Gasteiger partial charge is 0.478 e. The fourth-order valence-corrected chi connectivity index (χ4v) is 3.72. The smallest absolute Gasteiger partial charge is 0.335 e. The van der Waals surface area contributed by atoms with Gasteiger partial charge in [-0.15, -0.1) is 11.3 Å². The van der Waals surface area contributed by atoms with Crippen LogP contribution in [0, 0.1) is 10.1 Å². The van der Waals surface area contributed by atoms with Gasteiger partial charge in [0.15, 0.2) is 10.8 Å². The monoisotopic (exact) mass is 372 g/mol. The Bertz CT molecular complexity index is 921. The lowest BCUT2D eigenvalue weighted by atomic mass is 9.92. The summed E-state index contributed by atoms with van der Waals surface area (Å²) in [4.78, 5) is 33.4. The third kappa shape index (κ3) is 2.97. The van der Waals surface area contributed by atoms with E-state index < -0.39 is 16.9 Å². The van der Waals surface area contributed by atoms with Crippen molar-refractivity contribution in [2.75, 3.05) is 6.54 Å². The van der Waals surface area contributed by atoms with Gasteiger partial charge in [-0.2, -0.15) is 0 Å². The molecule has 1 unspecified atom stereocenters. The number of aliphatic carboxylic acids is 1. The Morgan fingerprint density at radius 2 is 2.15 bits per heavy atom. The van der Waals surface area contributed by atoms with Gasteiger partial charge in [0.2, 0.25) is 0 Å². The third-order valence-corrected chi connectivity index (χ3v) is 4.91. The van der Waals surface area contributed by atoms with E-state index in [0.29, 0.717) is 28.6 Å². The van der Waals surface area contributed by atoms with Gasteiger partial charge in [-0.3, -0.25) is 10.1 Å². The summed E-state index contributed by atoms with van der Waals surface area (Å²) in [5, 5.41) is 23.7. The predicted octanol–water partition coefficient (Wildman–Crippen LogP) is 3.23. The van der Waals surface area contributed by atoms with Crippen LogP contribution in [0.5, 0.6) is 0 Å². The van der Waals surface area contributed by atoms with Crippen LogP contribution in [0.2, 0.25) is 0 Å². The van der Waals surface area contributed by atoms with Gasteiger partial charge in [0.25, 0.3) is 5.69 Å². The highest BCUT2D eigenvalue weighted by molar-refractivity contribution is 7.11. The minimum Gasteiger partial charge on any atom is -0.478 e. The number of para-hydroxylation sites is 1. The zero-order valence-corrected chi connectivity index (χ0v) is 14.9. The van der Waals surface area contributed by atoms with E-state index in [2.05, 4.69) is 9.98 Å². The summed E-state index contributed by atoms with van der Waals surface area (Å²) >= 11 is 1.38. The van der Waals surface area contributed by atoms with E-state index in [1.165, 1.54) is 17.4 Å². The molecule has 134 valence electrons. The van der Waals surface area contributed by atoms with Gasteiger partial charge in [0.1, 0.15) is 0 Å². The van der Waals surface area contributed by atoms with E-state index in [0.717, 1.165) is 0 Å². The molecule has 1 atom stereocenters. The van der Waals surface area contributed by atoms with Crippen molar-refractivity contribution in [2.24, 2.45) is 4.99 Å². The maximum absolute atomic E-state index is 11.9. The Kier molecular flexibility index (Phi) is 4.81. The maximum atomic E-state index is 11.9. The molecule has 0 saturated heterocycles. The molecule has 2 aromatic rings. The van der Waals surface area contributed by atoms with Gasteiger partial charge in [-0.25, -0.2) is 14.8 Å². The second-order valence-electron chi connectivity index (χ2n) is 5.58. The molecular weight excluding hydrogens is 356 g/mol. The average Bonchev–Trinajstić information content (AvgIpc) is 3.14. The lowest BCUT2D eigenvalue weighted by Gasteiger charge is -2.36. The Hall–Kier alpha value is -3.07. The maximum Gasteiger partial charge on any atom is 0.335 e. The number of carbonyl (C=O) groups is 1. The summed E-state index contributed by atoms with van der Waals surface area (Å²) in [7, 11) is 0. The number of nitro groups is 1. The van der Waals surface area contributed by atoms with E-state index in [-0.39, 0.29) is 11.3 Å². The molecule has 1 aliphatic heterocycles. The summed E-state index contributed by atoms with van der Waals surface area (Å²) in [5.41, 5.74) is 0.542. The first-order valence-corrected chi connectivity index (χ1v) is 8.76. The first kappa shape index (κ1) is 17.7. The lowest BCUT2D eigenvalue weighted by Crippen LogP contribution is -2.41. The number of aliphatic imine (C=N–C) groups is 1. The van der Waals surface area contributed by atoms with Crippen LogP contribution in [-0.4, -0.2) is 38.3 Å². The predicted molar refractivity (Wildman–Crippen MR) is 97.2 cm³/mol. The number of hydrogen-bond donors (Lipinski definition) is 1. The number of hydrogen-bond acceptors (Lipinski definition) is 7. The number of rotatable bonds is 5. The van der Waals surface area contributed by atoms with Crippen molar-refractivity contribution in [2.45, 2.75) is 19.9 Å². The Morgan fingerprint density at radius 1 is 1.42 bits per heavy atom. The molecule has 3 rings (SSSR count). The highest BCUT2D eigenvalue weighted by Gasteiger charge is 2.39.